The van der Waals surface area contributed by atoms with Crippen molar-refractivity contribution in [3.63, 3.8) is 0 Å². The van der Waals surface area contributed by atoms with E-state index in [-0.39, 0.29) is 11.7 Å². The normalized spacial score (nSPS) is 13.6. The maximum atomic E-state index is 14.5. The highest BCUT2D eigenvalue weighted by atomic mass is 19.1. The van der Waals surface area contributed by atoms with E-state index < -0.39 is 0 Å². The molecule has 0 bridgehead atoms. The van der Waals surface area contributed by atoms with Crippen LogP contribution in [0.25, 0.3) is 11.1 Å². The Bertz CT molecular complexity index is 670. The van der Waals surface area contributed by atoms with Crippen molar-refractivity contribution in [1.29, 1.82) is 0 Å². The van der Waals surface area contributed by atoms with E-state index in [1.807, 2.05) is 0 Å². The lowest BCUT2D eigenvalue weighted by Crippen LogP contribution is -2.32. The molecule has 1 aromatic carbocycles. The lowest BCUT2D eigenvalue weighted by atomic mass is 9.95. The van der Waals surface area contributed by atoms with Gasteiger partial charge in [-0.2, -0.15) is 0 Å². The Morgan fingerprint density at radius 2 is 1.95 bits per heavy atom. The molecule has 0 atom stereocenters. The van der Waals surface area contributed by atoms with Crippen molar-refractivity contribution in [2.24, 2.45) is 0 Å². The number of halogens is 1. The maximum Gasteiger partial charge on any atom is 0.251 e. The maximum absolute atomic E-state index is 14.5. The molecule has 3 rings (SSSR count). The number of nitrogens with one attached hydrogen (secondary N) is 2. The van der Waals surface area contributed by atoms with Gasteiger partial charge in [-0.15, -0.1) is 0 Å². The molecule has 0 saturated heterocycles. The molecule has 0 saturated carbocycles. The largest absolute Gasteiger partial charge is 0.357 e. The summed E-state index contributed by atoms with van der Waals surface area (Å²) in [5.41, 5.74) is 1.88. The van der Waals surface area contributed by atoms with Gasteiger partial charge in [0.2, 0.25) is 5.95 Å². The third-order valence-electron chi connectivity index (χ3n) is 3.33. The second-order valence-electron chi connectivity index (χ2n) is 4.50. The smallest absolute Gasteiger partial charge is 0.251 e. The zero-order valence-corrected chi connectivity index (χ0v) is 10.9. The van der Waals surface area contributed by atoms with Gasteiger partial charge in [0, 0.05) is 48.2 Å². The molecule has 6 heteroatoms. The van der Waals surface area contributed by atoms with Crippen LogP contribution in [0.2, 0.25) is 0 Å². The monoisotopic (exact) mass is 272 g/mol. The summed E-state index contributed by atoms with van der Waals surface area (Å²) in [4.78, 5) is 19.8. The van der Waals surface area contributed by atoms with Crippen LogP contribution in [0.1, 0.15) is 15.9 Å². The van der Waals surface area contributed by atoms with Crippen molar-refractivity contribution in [1.82, 2.24) is 15.3 Å². The minimum absolute atomic E-state index is 0.224. The van der Waals surface area contributed by atoms with Gasteiger partial charge in [-0.05, 0) is 12.5 Å². The van der Waals surface area contributed by atoms with Crippen molar-refractivity contribution in [3.05, 3.63) is 41.5 Å². The first-order chi connectivity index (χ1) is 9.70. The third kappa shape index (κ3) is 1.99. The van der Waals surface area contributed by atoms with Crippen LogP contribution in [0, 0.1) is 5.82 Å². The molecule has 2 N–H and O–H groups in total. The molecule has 1 aliphatic heterocycles. The summed E-state index contributed by atoms with van der Waals surface area (Å²) in [5.74, 6) is -0.108. The lowest BCUT2D eigenvalue weighted by molar-refractivity contribution is 0.0945. The lowest BCUT2D eigenvalue weighted by Gasteiger charge is -2.18. The fraction of sp³-hybridized carbons (Fsp3) is 0.214. The second-order valence-corrected chi connectivity index (χ2v) is 4.50. The van der Waals surface area contributed by atoms with Gasteiger partial charge in [-0.25, -0.2) is 14.4 Å². The minimum Gasteiger partial charge on any atom is -0.357 e. The number of hydrogen-bond donors (Lipinski definition) is 2. The highest BCUT2D eigenvalue weighted by molar-refractivity contribution is 5.97. The van der Waals surface area contributed by atoms with Gasteiger partial charge >= 0.3 is 0 Å². The van der Waals surface area contributed by atoms with Gasteiger partial charge in [0.25, 0.3) is 5.91 Å². The number of anilines is 1. The number of rotatable bonds is 2. The van der Waals surface area contributed by atoms with Crippen molar-refractivity contribution >= 4 is 11.9 Å². The summed E-state index contributed by atoms with van der Waals surface area (Å²) in [6.07, 6.45) is 3.62. The SMILES string of the molecule is CNc1ncc(-c2ccc3c(c2F)CCNC3=O)cn1. The van der Waals surface area contributed by atoms with Crippen molar-refractivity contribution in [3.8, 4) is 11.1 Å². The molecule has 5 nitrogen and oxygen atoms in total. The molecule has 1 aliphatic rings. The van der Waals surface area contributed by atoms with E-state index in [0.717, 1.165) is 0 Å². The number of fused-ring (bicyclic) bond motifs is 1. The fourth-order valence-electron chi connectivity index (χ4n) is 2.29. The van der Waals surface area contributed by atoms with Gasteiger partial charge in [0.05, 0.1) is 0 Å². The summed E-state index contributed by atoms with van der Waals surface area (Å²) < 4.78 is 14.5. The number of carbonyl (C=O) groups is 1. The fourth-order valence-corrected chi connectivity index (χ4v) is 2.29. The molecule has 20 heavy (non-hydrogen) atoms. The summed E-state index contributed by atoms with van der Waals surface area (Å²) in [6.45, 7) is 0.460. The third-order valence-corrected chi connectivity index (χ3v) is 3.33. The van der Waals surface area contributed by atoms with Crippen LogP contribution in [0.3, 0.4) is 0 Å². The van der Waals surface area contributed by atoms with E-state index in [9.17, 15) is 9.18 Å². The summed E-state index contributed by atoms with van der Waals surface area (Å²) >= 11 is 0. The number of nitrogens with zero attached hydrogens (tertiary/aromatic N) is 2. The van der Waals surface area contributed by atoms with E-state index in [2.05, 4.69) is 20.6 Å². The topological polar surface area (TPSA) is 66.9 Å². The molecule has 0 radical (unpaired) electrons. The van der Waals surface area contributed by atoms with E-state index in [1.54, 1.807) is 31.6 Å². The van der Waals surface area contributed by atoms with E-state index in [4.69, 9.17) is 0 Å². The zero-order valence-electron chi connectivity index (χ0n) is 10.9. The molecule has 0 fully saturated rings. The average Bonchev–Trinajstić information content (AvgIpc) is 2.49. The molecule has 0 aliphatic carbocycles. The second kappa shape index (κ2) is 4.88. The van der Waals surface area contributed by atoms with Crippen molar-refractivity contribution in [2.75, 3.05) is 18.9 Å². The Labute approximate surface area is 115 Å². The first-order valence-corrected chi connectivity index (χ1v) is 6.30. The van der Waals surface area contributed by atoms with Crippen LogP contribution in [0.5, 0.6) is 0 Å². The predicted octanol–water partition coefficient (Wildman–Crippen LogP) is 1.61. The first kappa shape index (κ1) is 12.5. The summed E-state index contributed by atoms with van der Waals surface area (Å²) in [6, 6.07) is 3.24. The predicted molar refractivity (Wildman–Crippen MR) is 73.0 cm³/mol. The molecular formula is C14H13FN4O. The molecule has 2 heterocycles. The number of hydrogen-bond acceptors (Lipinski definition) is 4. The standard InChI is InChI=1S/C14H13FN4O/c1-16-14-18-6-8(7-19-14)9-2-3-11-10(12(9)15)4-5-17-13(11)20/h2-3,6-7H,4-5H2,1H3,(H,17,20)(H,16,18,19). The van der Waals surface area contributed by atoms with Crippen molar-refractivity contribution in [2.45, 2.75) is 6.42 Å². The van der Waals surface area contributed by atoms with Gasteiger partial charge in [0.15, 0.2) is 0 Å². The van der Waals surface area contributed by atoms with Crippen LogP contribution in [-0.4, -0.2) is 29.5 Å². The van der Waals surface area contributed by atoms with E-state index in [1.165, 1.54) is 0 Å². The molecule has 1 aromatic heterocycles. The van der Waals surface area contributed by atoms with E-state index >= 15 is 0 Å². The van der Waals surface area contributed by atoms with Gasteiger partial charge < -0.3 is 10.6 Å². The molecule has 0 spiro atoms. The number of aromatic nitrogens is 2. The molecule has 1 amide bonds. The molecular weight excluding hydrogens is 259 g/mol. The van der Waals surface area contributed by atoms with Gasteiger partial charge in [-0.3, -0.25) is 4.79 Å². The Hall–Kier alpha value is -2.50. The Morgan fingerprint density at radius 1 is 1.25 bits per heavy atom. The van der Waals surface area contributed by atoms with E-state index in [0.29, 0.717) is 41.2 Å². The van der Waals surface area contributed by atoms with Gasteiger partial charge in [0.1, 0.15) is 5.82 Å². The molecule has 0 unspecified atom stereocenters. The number of benzene rings is 1. The van der Waals surface area contributed by atoms with Crippen LogP contribution in [0.15, 0.2) is 24.5 Å². The van der Waals surface area contributed by atoms with Crippen LogP contribution >= 0.6 is 0 Å². The number of carbonyl (C=O) groups excluding carboxylic acids is 1. The Balaban J connectivity index is 2.08. The summed E-state index contributed by atoms with van der Waals surface area (Å²) in [5, 5.41) is 5.51. The molecule has 102 valence electrons. The first-order valence-electron chi connectivity index (χ1n) is 6.30. The quantitative estimate of drug-likeness (QED) is 0.871. The highest BCUT2D eigenvalue weighted by Gasteiger charge is 2.22. The Kier molecular flexibility index (Phi) is 3.06. The van der Waals surface area contributed by atoms with Gasteiger partial charge in [-0.1, -0.05) is 6.07 Å². The Morgan fingerprint density at radius 3 is 2.65 bits per heavy atom. The van der Waals surface area contributed by atoms with Crippen LogP contribution in [0.4, 0.5) is 10.3 Å². The number of amides is 1. The minimum atomic E-state index is -0.363. The summed E-state index contributed by atoms with van der Waals surface area (Å²) in [7, 11) is 1.72. The van der Waals surface area contributed by atoms with Crippen molar-refractivity contribution < 1.29 is 9.18 Å². The van der Waals surface area contributed by atoms with Crippen LogP contribution < -0.4 is 10.6 Å². The molecule has 2 aromatic rings. The highest BCUT2D eigenvalue weighted by Crippen LogP contribution is 2.28. The van der Waals surface area contributed by atoms with Crippen LogP contribution in [-0.2, 0) is 6.42 Å². The zero-order chi connectivity index (χ0) is 14.1. The average molecular weight is 272 g/mol.